The molecule has 0 N–H and O–H groups in total. The van der Waals surface area contributed by atoms with Crippen LogP contribution >= 0.6 is 0 Å². The SMILES string of the molecule is COC(=O)/C=C/[C@@H]1[C@H](c2ccc([N+](=O)[O-])cc2)N1S(=O)(=O)c1ccc(C)cc1. The third-order valence-electron chi connectivity index (χ3n) is 4.47. The van der Waals surface area contributed by atoms with E-state index in [0.29, 0.717) is 5.56 Å². The van der Waals surface area contributed by atoms with Gasteiger partial charge in [-0.2, -0.15) is 4.31 Å². The Balaban J connectivity index is 1.96. The second-order valence-electron chi connectivity index (χ2n) is 6.31. The van der Waals surface area contributed by atoms with Crippen LogP contribution in [0, 0.1) is 17.0 Å². The first kappa shape index (κ1) is 19.7. The summed E-state index contributed by atoms with van der Waals surface area (Å²) in [5.41, 5.74) is 1.44. The number of ether oxygens (including phenoxy) is 1. The molecule has 3 atom stereocenters. The van der Waals surface area contributed by atoms with E-state index in [-0.39, 0.29) is 10.6 Å². The summed E-state index contributed by atoms with van der Waals surface area (Å²) in [6.07, 6.45) is 2.64. The van der Waals surface area contributed by atoms with Crippen molar-refractivity contribution < 1.29 is 22.9 Å². The molecule has 2 aromatic rings. The van der Waals surface area contributed by atoms with Crippen LogP contribution in [0.3, 0.4) is 0 Å². The fraction of sp³-hybridized carbons (Fsp3) is 0.211. The maximum Gasteiger partial charge on any atom is 0.330 e. The first-order valence-corrected chi connectivity index (χ1v) is 9.80. The number of nitrogens with zero attached hydrogens (tertiary/aromatic N) is 2. The number of esters is 1. The van der Waals surface area contributed by atoms with Gasteiger partial charge in [-0.1, -0.05) is 35.9 Å². The molecule has 0 spiro atoms. The van der Waals surface area contributed by atoms with Crippen LogP contribution in [0.15, 0.2) is 65.6 Å². The number of rotatable bonds is 6. The van der Waals surface area contributed by atoms with Crippen molar-refractivity contribution in [2.75, 3.05) is 7.11 Å². The van der Waals surface area contributed by atoms with Crippen molar-refractivity contribution in [3.05, 3.63) is 81.9 Å². The minimum atomic E-state index is -3.81. The van der Waals surface area contributed by atoms with Crippen LogP contribution in [0.4, 0.5) is 5.69 Å². The van der Waals surface area contributed by atoms with Crippen molar-refractivity contribution >= 4 is 21.7 Å². The third-order valence-corrected chi connectivity index (χ3v) is 6.37. The van der Waals surface area contributed by atoms with E-state index in [1.807, 2.05) is 6.92 Å². The highest BCUT2D eigenvalue weighted by molar-refractivity contribution is 7.89. The van der Waals surface area contributed by atoms with E-state index in [0.717, 1.165) is 5.56 Å². The van der Waals surface area contributed by atoms with Gasteiger partial charge in [0.05, 0.1) is 29.0 Å². The van der Waals surface area contributed by atoms with Crippen molar-refractivity contribution in [3.8, 4) is 0 Å². The van der Waals surface area contributed by atoms with E-state index >= 15 is 0 Å². The fourth-order valence-corrected chi connectivity index (χ4v) is 4.66. The standard InChI is InChI=1S/C19H18N2O6S/c1-13-3-9-16(10-4-13)28(25,26)20-17(11-12-18(22)27-2)19(20)14-5-7-15(8-6-14)21(23)24/h3-12,17,19H,1-2H3/b12-11+/t17-,19+,20?/m1/s1. The molecule has 0 aliphatic carbocycles. The average Bonchev–Trinajstić information content (AvgIpc) is 3.41. The topological polar surface area (TPSA) is 107 Å². The van der Waals surface area contributed by atoms with Crippen molar-refractivity contribution in [1.82, 2.24) is 4.31 Å². The Morgan fingerprint density at radius 3 is 2.29 bits per heavy atom. The van der Waals surface area contributed by atoms with Gasteiger partial charge in [-0.3, -0.25) is 10.1 Å². The van der Waals surface area contributed by atoms with Crippen molar-refractivity contribution in [3.63, 3.8) is 0 Å². The zero-order chi connectivity index (χ0) is 20.5. The van der Waals surface area contributed by atoms with Crippen LogP contribution in [0.1, 0.15) is 17.2 Å². The molecule has 2 aromatic carbocycles. The number of nitro benzene ring substituents is 1. The molecule has 1 aliphatic rings. The minimum Gasteiger partial charge on any atom is -0.466 e. The Labute approximate surface area is 162 Å². The van der Waals surface area contributed by atoms with Gasteiger partial charge in [0.25, 0.3) is 5.69 Å². The van der Waals surface area contributed by atoms with Gasteiger partial charge in [0.15, 0.2) is 0 Å². The molecule has 1 fully saturated rings. The van der Waals surface area contributed by atoms with E-state index in [9.17, 15) is 23.3 Å². The minimum absolute atomic E-state index is 0.0843. The van der Waals surface area contributed by atoms with Gasteiger partial charge in [0, 0.05) is 18.2 Å². The van der Waals surface area contributed by atoms with Crippen molar-refractivity contribution in [2.24, 2.45) is 0 Å². The van der Waals surface area contributed by atoms with Crippen molar-refractivity contribution in [2.45, 2.75) is 23.9 Å². The molecule has 1 saturated heterocycles. The quantitative estimate of drug-likeness (QED) is 0.242. The van der Waals surface area contributed by atoms with Gasteiger partial charge in [-0.25, -0.2) is 13.2 Å². The van der Waals surface area contributed by atoms with Gasteiger partial charge in [-0.15, -0.1) is 0 Å². The monoisotopic (exact) mass is 402 g/mol. The molecule has 0 aromatic heterocycles. The number of aryl methyl sites for hydroxylation is 1. The largest absolute Gasteiger partial charge is 0.466 e. The number of hydrogen-bond acceptors (Lipinski definition) is 6. The Hall–Kier alpha value is -3.04. The van der Waals surface area contributed by atoms with E-state index in [1.165, 1.54) is 60.0 Å². The van der Waals surface area contributed by atoms with Crippen LogP contribution in [-0.2, 0) is 19.6 Å². The molecule has 146 valence electrons. The zero-order valence-electron chi connectivity index (χ0n) is 15.2. The zero-order valence-corrected chi connectivity index (χ0v) is 16.0. The number of carbonyl (C=O) groups is 1. The highest BCUT2D eigenvalue weighted by atomic mass is 32.2. The number of carbonyl (C=O) groups excluding carboxylic acids is 1. The van der Waals surface area contributed by atoms with E-state index in [4.69, 9.17) is 0 Å². The molecule has 0 saturated carbocycles. The Kier molecular flexibility index (Phi) is 5.30. The highest BCUT2D eigenvalue weighted by Crippen LogP contribution is 2.48. The molecule has 1 unspecified atom stereocenters. The number of non-ortho nitro benzene ring substituents is 1. The summed E-state index contributed by atoms with van der Waals surface area (Å²) in [6.45, 7) is 1.86. The summed E-state index contributed by atoms with van der Waals surface area (Å²) in [5.74, 6) is -0.595. The Morgan fingerprint density at radius 2 is 1.75 bits per heavy atom. The van der Waals surface area contributed by atoms with Gasteiger partial charge in [-0.05, 0) is 24.6 Å². The third kappa shape index (κ3) is 3.80. The van der Waals surface area contributed by atoms with Gasteiger partial charge < -0.3 is 4.74 Å². The average molecular weight is 402 g/mol. The second-order valence-corrected chi connectivity index (χ2v) is 8.16. The number of methoxy groups -OCH3 is 1. The molecular weight excluding hydrogens is 384 g/mol. The lowest BCUT2D eigenvalue weighted by molar-refractivity contribution is -0.384. The van der Waals surface area contributed by atoms with Crippen LogP contribution in [0.25, 0.3) is 0 Å². The predicted molar refractivity (Wildman–Crippen MR) is 101 cm³/mol. The predicted octanol–water partition coefficient (Wildman–Crippen LogP) is 2.75. The normalized spacial score (nSPS) is 21.4. The van der Waals surface area contributed by atoms with Crippen LogP contribution in [0.5, 0.6) is 0 Å². The Bertz CT molecular complexity index is 1030. The molecule has 9 heteroatoms. The maximum absolute atomic E-state index is 13.1. The van der Waals surface area contributed by atoms with Gasteiger partial charge in [0.1, 0.15) is 0 Å². The lowest BCUT2D eigenvalue weighted by atomic mass is 10.1. The number of nitro groups is 1. The summed E-state index contributed by atoms with van der Waals surface area (Å²) in [7, 11) is -2.58. The number of hydrogen-bond donors (Lipinski definition) is 0. The van der Waals surface area contributed by atoms with E-state index in [2.05, 4.69) is 4.74 Å². The fourth-order valence-electron chi connectivity index (χ4n) is 2.94. The van der Waals surface area contributed by atoms with E-state index in [1.54, 1.807) is 12.1 Å². The first-order valence-electron chi connectivity index (χ1n) is 8.36. The lowest BCUT2D eigenvalue weighted by Gasteiger charge is -2.07. The summed E-state index contributed by atoms with van der Waals surface area (Å²) in [4.78, 5) is 21.9. The lowest BCUT2D eigenvalue weighted by Crippen LogP contribution is -2.14. The Morgan fingerprint density at radius 1 is 1.14 bits per heavy atom. The first-order chi connectivity index (χ1) is 13.3. The molecule has 28 heavy (non-hydrogen) atoms. The second kappa shape index (κ2) is 7.53. The molecule has 3 rings (SSSR count). The van der Waals surface area contributed by atoms with Gasteiger partial charge in [0.2, 0.25) is 10.0 Å². The summed E-state index contributed by atoms with van der Waals surface area (Å²) < 4.78 is 31.9. The number of benzene rings is 2. The summed E-state index contributed by atoms with van der Waals surface area (Å²) >= 11 is 0. The smallest absolute Gasteiger partial charge is 0.330 e. The molecule has 0 amide bonds. The summed E-state index contributed by atoms with van der Waals surface area (Å²) in [5, 5.41) is 10.8. The molecule has 0 bridgehead atoms. The van der Waals surface area contributed by atoms with Crippen LogP contribution in [-0.4, -0.2) is 36.8 Å². The molecule has 1 heterocycles. The molecule has 0 radical (unpaired) electrons. The van der Waals surface area contributed by atoms with Crippen LogP contribution < -0.4 is 0 Å². The van der Waals surface area contributed by atoms with Crippen molar-refractivity contribution in [1.29, 1.82) is 0 Å². The maximum atomic E-state index is 13.1. The van der Waals surface area contributed by atoms with E-state index < -0.39 is 33.0 Å². The van der Waals surface area contributed by atoms with Gasteiger partial charge >= 0.3 is 5.97 Å². The molecule has 8 nitrogen and oxygen atoms in total. The van der Waals surface area contributed by atoms with Crippen LogP contribution in [0.2, 0.25) is 0 Å². The molecule has 1 aliphatic heterocycles. The number of sulfonamides is 1. The molecular formula is C19H18N2O6S. The summed E-state index contributed by atoms with van der Waals surface area (Å²) in [6, 6.07) is 11.0. The highest BCUT2D eigenvalue weighted by Gasteiger charge is 2.55.